The molecule has 0 amide bonds. The van der Waals surface area contributed by atoms with Crippen LogP contribution in [0.4, 0.5) is 0 Å². The quantitative estimate of drug-likeness (QED) is 0.268. The number of carbonyl (C=O) groups is 2. The predicted octanol–water partition coefficient (Wildman–Crippen LogP) is 7.56. The number of carbonyl (C=O) groups excluding carboxylic acids is 2. The van der Waals surface area contributed by atoms with Gasteiger partial charge in [0, 0.05) is 5.56 Å². The largest absolute Gasteiger partial charge is 0.495 e. The molecule has 2 aliphatic carbocycles. The summed E-state index contributed by atoms with van der Waals surface area (Å²) in [7, 11) is 1.42. The van der Waals surface area contributed by atoms with Gasteiger partial charge in [0.05, 0.1) is 28.1 Å². The number of aliphatic hydroxyl groups is 1. The molecule has 0 saturated heterocycles. The van der Waals surface area contributed by atoms with Crippen LogP contribution in [0.2, 0.25) is 5.02 Å². The Hall–Kier alpha value is -2.29. The minimum absolute atomic E-state index is 0.0203. The molecule has 0 radical (unpaired) electrons. The lowest BCUT2D eigenvalue weighted by Gasteiger charge is -2.28. The van der Waals surface area contributed by atoms with Crippen molar-refractivity contribution in [3.63, 3.8) is 0 Å². The first-order valence-electron chi connectivity index (χ1n) is 13.0. The maximum Gasteiger partial charge on any atom is 0.351 e. The summed E-state index contributed by atoms with van der Waals surface area (Å²) >= 11 is 10.2. The number of hydrogen-bond acceptors (Lipinski definition) is 7. The van der Waals surface area contributed by atoms with E-state index in [0.29, 0.717) is 22.0 Å². The molecule has 204 valence electrons. The molecule has 0 aromatic heterocycles. The summed E-state index contributed by atoms with van der Waals surface area (Å²) < 4.78 is 24.1. The first-order valence-corrected chi connectivity index (χ1v) is 14.2. The van der Waals surface area contributed by atoms with Gasteiger partial charge in [-0.05, 0) is 97.3 Å². The van der Waals surface area contributed by atoms with Gasteiger partial charge in [-0.25, -0.2) is 4.79 Å². The van der Waals surface area contributed by atoms with Gasteiger partial charge < -0.3 is 24.1 Å². The average molecular weight is 608 g/mol. The molecule has 9 heteroatoms. The van der Waals surface area contributed by atoms with Crippen LogP contribution in [-0.2, 0) is 4.79 Å². The van der Waals surface area contributed by atoms with Crippen LogP contribution in [0.15, 0.2) is 16.6 Å². The fraction of sp³-hybridized carbons (Fsp3) is 0.517. The van der Waals surface area contributed by atoms with Crippen molar-refractivity contribution in [3.8, 4) is 28.7 Å². The third-order valence-corrected chi connectivity index (χ3v) is 9.96. The van der Waals surface area contributed by atoms with Crippen molar-refractivity contribution in [2.45, 2.75) is 65.9 Å². The van der Waals surface area contributed by atoms with Crippen LogP contribution < -0.4 is 18.9 Å². The summed E-state index contributed by atoms with van der Waals surface area (Å²) in [5.41, 5.74) is 0.428. The number of hydrogen-bond donors (Lipinski definition) is 1. The van der Waals surface area contributed by atoms with Gasteiger partial charge in [0.1, 0.15) is 17.1 Å². The zero-order valence-corrected chi connectivity index (χ0v) is 24.5. The number of fused-ring (bicyclic) bond motifs is 4. The molecule has 0 spiro atoms. The van der Waals surface area contributed by atoms with E-state index in [1.54, 1.807) is 19.1 Å². The van der Waals surface area contributed by atoms with Gasteiger partial charge in [-0.3, -0.25) is 4.79 Å². The SMILES string of the molecule is COc1c([C@@H](O)CC(C)C)ccc2c1C(=O)Oc1c(Cl)c(C)c(Br)c(OC(=O)C3(C)C4CCC3CC4)c1O2. The maximum absolute atomic E-state index is 13.6. The molecule has 0 unspecified atom stereocenters. The van der Waals surface area contributed by atoms with Crippen molar-refractivity contribution >= 4 is 39.5 Å². The highest BCUT2D eigenvalue weighted by molar-refractivity contribution is 9.10. The second-order valence-corrected chi connectivity index (χ2v) is 12.3. The number of methoxy groups -OCH3 is 1. The van der Waals surface area contributed by atoms with Gasteiger partial charge in [0.15, 0.2) is 11.5 Å². The molecule has 3 aliphatic rings. The maximum atomic E-state index is 13.6. The minimum Gasteiger partial charge on any atom is -0.495 e. The Balaban J connectivity index is 1.60. The molecule has 2 bridgehead atoms. The predicted molar refractivity (Wildman–Crippen MR) is 146 cm³/mol. The van der Waals surface area contributed by atoms with E-state index in [9.17, 15) is 14.7 Å². The first-order chi connectivity index (χ1) is 18.0. The molecule has 1 aliphatic heterocycles. The van der Waals surface area contributed by atoms with Crippen molar-refractivity contribution in [2.24, 2.45) is 23.2 Å². The highest BCUT2D eigenvalue weighted by Crippen LogP contribution is 2.60. The van der Waals surface area contributed by atoms with Crippen LogP contribution in [0.5, 0.6) is 28.7 Å². The van der Waals surface area contributed by atoms with Gasteiger partial charge in [0.25, 0.3) is 0 Å². The molecule has 1 atom stereocenters. The van der Waals surface area contributed by atoms with E-state index < -0.39 is 17.5 Å². The molecule has 2 aromatic rings. The molecule has 5 rings (SSSR count). The van der Waals surface area contributed by atoms with Crippen LogP contribution in [0.25, 0.3) is 0 Å². The normalized spacial score (nSPS) is 24.3. The topological polar surface area (TPSA) is 91.3 Å². The summed E-state index contributed by atoms with van der Waals surface area (Å²) in [5.74, 6) is 0.109. The number of esters is 2. The Morgan fingerprint density at radius 2 is 1.79 bits per heavy atom. The third kappa shape index (κ3) is 4.20. The third-order valence-electron chi connectivity index (χ3n) is 8.55. The van der Waals surface area contributed by atoms with E-state index >= 15 is 0 Å². The van der Waals surface area contributed by atoms with E-state index in [-0.39, 0.29) is 63.1 Å². The van der Waals surface area contributed by atoms with Gasteiger partial charge in [-0.2, -0.15) is 0 Å². The van der Waals surface area contributed by atoms with E-state index in [2.05, 4.69) is 15.9 Å². The highest BCUT2D eigenvalue weighted by atomic mass is 79.9. The zero-order chi connectivity index (χ0) is 27.5. The van der Waals surface area contributed by atoms with Crippen molar-refractivity contribution in [2.75, 3.05) is 7.11 Å². The summed E-state index contributed by atoms with van der Waals surface area (Å²) in [4.78, 5) is 27.1. The number of aliphatic hydroxyl groups excluding tert-OH is 1. The molecule has 2 saturated carbocycles. The Labute approximate surface area is 235 Å². The second kappa shape index (κ2) is 10.0. The Kier molecular flexibility index (Phi) is 7.20. The summed E-state index contributed by atoms with van der Waals surface area (Å²) in [6.07, 6.45) is 3.68. The number of benzene rings is 2. The highest BCUT2D eigenvalue weighted by Gasteiger charge is 2.57. The lowest BCUT2D eigenvalue weighted by atomic mass is 9.80. The fourth-order valence-corrected chi connectivity index (χ4v) is 7.14. The van der Waals surface area contributed by atoms with E-state index in [4.69, 9.17) is 30.5 Å². The van der Waals surface area contributed by atoms with Gasteiger partial charge in [-0.1, -0.05) is 25.4 Å². The lowest BCUT2D eigenvalue weighted by Crippen LogP contribution is -2.36. The minimum atomic E-state index is -0.854. The lowest BCUT2D eigenvalue weighted by molar-refractivity contribution is -0.147. The molecule has 2 aromatic carbocycles. The van der Waals surface area contributed by atoms with Gasteiger partial charge in [-0.15, -0.1) is 0 Å². The van der Waals surface area contributed by atoms with Crippen LogP contribution >= 0.6 is 27.5 Å². The summed E-state index contributed by atoms with van der Waals surface area (Å²) in [5, 5.41) is 11.0. The first kappa shape index (κ1) is 27.3. The monoisotopic (exact) mass is 606 g/mol. The Morgan fingerprint density at radius 3 is 2.37 bits per heavy atom. The van der Waals surface area contributed by atoms with Crippen molar-refractivity contribution in [1.29, 1.82) is 0 Å². The molecule has 1 heterocycles. The van der Waals surface area contributed by atoms with Crippen LogP contribution in [0.3, 0.4) is 0 Å². The van der Waals surface area contributed by atoms with Gasteiger partial charge in [0.2, 0.25) is 5.75 Å². The second-order valence-electron chi connectivity index (χ2n) is 11.2. The average Bonchev–Trinajstić information content (AvgIpc) is 3.32. The van der Waals surface area contributed by atoms with Crippen LogP contribution in [0, 0.1) is 30.1 Å². The zero-order valence-electron chi connectivity index (χ0n) is 22.2. The standard InChI is InChI=1S/C29H32BrClO7/c1-13(2)12-18(32)17-10-11-19-20(23(17)35-5)27(33)37-25-22(31)14(3)21(30)24(26(25)36-19)38-28(34)29(4)15-6-7-16(29)9-8-15/h10-11,13,15-16,18,32H,6-9,12H2,1-5H3/t15?,16?,18-,29?/m0/s1. The number of ether oxygens (including phenoxy) is 4. The number of halogens is 2. The molecule has 38 heavy (non-hydrogen) atoms. The molecule has 2 fully saturated rings. The van der Waals surface area contributed by atoms with Crippen LogP contribution in [-0.4, -0.2) is 24.2 Å². The molecule has 1 N–H and O–H groups in total. The molecular formula is C29H32BrClO7. The van der Waals surface area contributed by atoms with E-state index in [0.717, 1.165) is 25.7 Å². The Morgan fingerprint density at radius 1 is 1.16 bits per heavy atom. The fourth-order valence-electron chi connectivity index (χ4n) is 6.35. The summed E-state index contributed by atoms with van der Waals surface area (Å²) in [6.45, 7) is 7.72. The molecule has 7 nitrogen and oxygen atoms in total. The van der Waals surface area contributed by atoms with E-state index in [1.807, 2.05) is 20.8 Å². The molecular weight excluding hydrogens is 576 g/mol. The summed E-state index contributed by atoms with van der Waals surface area (Å²) in [6, 6.07) is 3.25. The van der Waals surface area contributed by atoms with E-state index in [1.165, 1.54) is 7.11 Å². The van der Waals surface area contributed by atoms with Crippen molar-refractivity contribution < 1.29 is 33.6 Å². The van der Waals surface area contributed by atoms with Crippen LogP contribution in [0.1, 0.15) is 80.5 Å². The number of rotatable bonds is 6. The Bertz CT molecular complexity index is 1300. The van der Waals surface area contributed by atoms with Crippen molar-refractivity contribution in [3.05, 3.63) is 38.3 Å². The smallest absolute Gasteiger partial charge is 0.351 e. The van der Waals surface area contributed by atoms with Gasteiger partial charge >= 0.3 is 11.9 Å². The van der Waals surface area contributed by atoms with Crippen molar-refractivity contribution in [1.82, 2.24) is 0 Å².